The Balaban J connectivity index is 1.34. The number of fused-ring (bicyclic) bond motifs is 2. The summed E-state index contributed by atoms with van der Waals surface area (Å²) in [6, 6.07) is 13.2. The second kappa shape index (κ2) is 7.29. The summed E-state index contributed by atoms with van der Waals surface area (Å²) in [5.41, 5.74) is 2.53. The number of nitrogens with zero attached hydrogens (tertiary/aromatic N) is 5. The van der Waals surface area contributed by atoms with Crippen LogP contribution in [0.15, 0.2) is 42.5 Å². The predicted octanol–water partition coefficient (Wildman–Crippen LogP) is 1.56. The first kappa shape index (κ1) is 17.8. The SMILES string of the molecule is O=C(c1ccc2ccccc2n1)N1CCn2nc(C(=O)N3CCOCC3)cc2C1. The van der Waals surface area contributed by atoms with Crippen molar-refractivity contribution in [3.05, 3.63) is 59.5 Å². The van der Waals surface area contributed by atoms with Gasteiger partial charge in [0.25, 0.3) is 11.8 Å². The van der Waals surface area contributed by atoms with Crippen molar-refractivity contribution in [1.29, 1.82) is 0 Å². The number of para-hydroxylation sites is 1. The lowest BCUT2D eigenvalue weighted by molar-refractivity contribution is 0.0298. The van der Waals surface area contributed by atoms with Crippen LogP contribution in [-0.4, -0.2) is 69.2 Å². The van der Waals surface area contributed by atoms with Gasteiger partial charge in [-0.1, -0.05) is 24.3 Å². The summed E-state index contributed by atoms with van der Waals surface area (Å²) in [5, 5.41) is 5.47. The van der Waals surface area contributed by atoms with E-state index in [9.17, 15) is 9.59 Å². The molecule has 0 saturated carbocycles. The van der Waals surface area contributed by atoms with Gasteiger partial charge < -0.3 is 14.5 Å². The smallest absolute Gasteiger partial charge is 0.274 e. The number of ether oxygens (including phenoxy) is 1. The zero-order chi connectivity index (χ0) is 19.8. The van der Waals surface area contributed by atoms with Gasteiger partial charge in [0.2, 0.25) is 0 Å². The van der Waals surface area contributed by atoms with Crippen molar-refractivity contribution >= 4 is 22.7 Å². The molecule has 5 rings (SSSR count). The van der Waals surface area contributed by atoms with E-state index in [1.807, 2.05) is 35.0 Å². The number of morpholine rings is 1. The molecule has 0 radical (unpaired) electrons. The normalized spacial score (nSPS) is 16.7. The molecular weight excluding hydrogens is 370 g/mol. The largest absolute Gasteiger partial charge is 0.378 e. The Kier molecular flexibility index (Phi) is 4.48. The van der Waals surface area contributed by atoms with E-state index in [-0.39, 0.29) is 11.8 Å². The van der Waals surface area contributed by atoms with Gasteiger partial charge in [0.05, 0.1) is 37.5 Å². The van der Waals surface area contributed by atoms with Gasteiger partial charge in [-0.15, -0.1) is 0 Å². The summed E-state index contributed by atoms with van der Waals surface area (Å²) < 4.78 is 7.13. The van der Waals surface area contributed by atoms with E-state index >= 15 is 0 Å². The molecule has 1 aromatic carbocycles. The van der Waals surface area contributed by atoms with E-state index in [1.165, 1.54) is 0 Å². The maximum atomic E-state index is 13.0. The number of hydrogen-bond acceptors (Lipinski definition) is 5. The monoisotopic (exact) mass is 391 g/mol. The van der Waals surface area contributed by atoms with Crippen molar-refractivity contribution in [2.75, 3.05) is 32.8 Å². The molecule has 2 aliphatic heterocycles. The lowest BCUT2D eigenvalue weighted by Gasteiger charge is -2.27. The molecule has 8 heteroatoms. The second-order valence-corrected chi connectivity index (χ2v) is 7.26. The third-order valence-electron chi connectivity index (χ3n) is 5.42. The third-order valence-corrected chi connectivity index (χ3v) is 5.42. The van der Waals surface area contributed by atoms with Crippen molar-refractivity contribution in [1.82, 2.24) is 24.6 Å². The summed E-state index contributed by atoms with van der Waals surface area (Å²) in [4.78, 5) is 33.7. The molecule has 0 aliphatic carbocycles. The number of benzene rings is 1. The summed E-state index contributed by atoms with van der Waals surface area (Å²) in [5.74, 6) is -0.187. The quantitative estimate of drug-likeness (QED) is 0.662. The Morgan fingerprint density at radius 1 is 0.862 bits per heavy atom. The van der Waals surface area contributed by atoms with Gasteiger partial charge in [-0.25, -0.2) is 4.98 Å². The average Bonchev–Trinajstić information content (AvgIpc) is 3.21. The highest BCUT2D eigenvalue weighted by Crippen LogP contribution is 2.19. The first-order valence-corrected chi connectivity index (χ1v) is 9.78. The van der Waals surface area contributed by atoms with Gasteiger partial charge >= 0.3 is 0 Å². The van der Waals surface area contributed by atoms with E-state index in [0.29, 0.717) is 57.3 Å². The van der Waals surface area contributed by atoms with Crippen molar-refractivity contribution < 1.29 is 14.3 Å². The van der Waals surface area contributed by atoms with Crippen LogP contribution >= 0.6 is 0 Å². The van der Waals surface area contributed by atoms with Crippen molar-refractivity contribution in [2.24, 2.45) is 0 Å². The highest BCUT2D eigenvalue weighted by atomic mass is 16.5. The molecule has 8 nitrogen and oxygen atoms in total. The van der Waals surface area contributed by atoms with Crippen LogP contribution in [0.3, 0.4) is 0 Å². The molecule has 0 bridgehead atoms. The van der Waals surface area contributed by atoms with Gasteiger partial charge in [0, 0.05) is 25.0 Å². The van der Waals surface area contributed by atoms with Gasteiger partial charge in [-0.3, -0.25) is 14.3 Å². The van der Waals surface area contributed by atoms with Crippen LogP contribution < -0.4 is 0 Å². The predicted molar refractivity (Wildman–Crippen MR) is 105 cm³/mol. The molecule has 1 saturated heterocycles. The highest BCUT2D eigenvalue weighted by Gasteiger charge is 2.27. The number of hydrogen-bond donors (Lipinski definition) is 0. The molecule has 2 aromatic heterocycles. The first-order valence-electron chi connectivity index (χ1n) is 9.78. The average molecular weight is 391 g/mol. The Morgan fingerprint density at radius 2 is 1.66 bits per heavy atom. The maximum Gasteiger partial charge on any atom is 0.274 e. The van der Waals surface area contributed by atoms with E-state index in [2.05, 4.69) is 10.1 Å². The van der Waals surface area contributed by atoms with Gasteiger partial charge in [0.1, 0.15) is 5.69 Å². The third kappa shape index (κ3) is 3.36. The summed E-state index contributed by atoms with van der Waals surface area (Å²) in [6.07, 6.45) is 0. The molecule has 0 unspecified atom stereocenters. The topological polar surface area (TPSA) is 80.6 Å². The number of amides is 2. The molecule has 2 amide bonds. The van der Waals surface area contributed by atoms with Gasteiger partial charge in [-0.05, 0) is 18.2 Å². The van der Waals surface area contributed by atoms with E-state index in [0.717, 1.165) is 16.6 Å². The van der Waals surface area contributed by atoms with Crippen LogP contribution in [0.4, 0.5) is 0 Å². The summed E-state index contributed by atoms with van der Waals surface area (Å²) in [7, 11) is 0. The Hall–Kier alpha value is -3.26. The summed E-state index contributed by atoms with van der Waals surface area (Å²) >= 11 is 0. The number of pyridine rings is 1. The molecule has 148 valence electrons. The second-order valence-electron chi connectivity index (χ2n) is 7.26. The maximum absolute atomic E-state index is 13.0. The molecular formula is C21H21N5O3. The molecule has 0 atom stereocenters. The number of aromatic nitrogens is 3. The molecule has 29 heavy (non-hydrogen) atoms. The number of carbonyl (C=O) groups is 2. The first-order chi connectivity index (χ1) is 14.2. The van der Waals surface area contributed by atoms with Crippen LogP contribution in [0.1, 0.15) is 26.7 Å². The molecule has 1 fully saturated rings. The van der Waals surface area contributed by atoms with Gasteiger partial charge in [0.15, 0.2) is 5.69 Å². The van der Waals surface area contributed by atoms with Crippen molar-refractivity contribution in [3.63, 3.8) is 0 Å². The zero-order valence-electron chi connectivity index (χ0n) is 16.0. The Labute approximate surface area is 167 Å². The zero-order valence-corrected chi connectivity index (χ0v) is 16.0. The van der Waals surface area contributed by atoms with Crippen molar-refractivity contribution in [2.45, 2.75) is 13.1 Å². The van der Waals surface area contributed by atoms with Gasteiger partial charge in [-0.2, -0.15) is 5.10 Å². The lowest BCUT2D eigenvalue weighted by atomic mass is 10.2. The minimum absolute atomic E-state index is 0.0794. The molecule has 4 heterocycles. The fourth-order valence-electron chi connectivity index (χ4n) is 3.82. The van der Waals surface area contributed by atoms with E-state index in [1.54, 1.807) is 21.9 Å². The lowest BCUT2D eigenvalue weighted by Crippen LogP contribution is -2.41. The number of carbonyl (C=O) groups excluding carboxylic acids is 2. The standard InChI is InChI=1S/C21H21N5O3/c27-20(18-6-5-15-3-1-2-4-17(15)22-18)25-7-8-26-16(14-25)13-19(23-26)21(28)24-9-11-29-12-10-24/h1-6,13H,7-12,14H2. The number of rotatable bonds is 2. The minimum Gasteiger partial charge on any atom is -0.378 e. The van der Waals surface area contributed by atoms with E-state index < -0.39 is 0 Å². The Morgan fingerprint density at radius 3 is 2.52 bits per heavy atom. The fraction of sp³-hybridized carbons (Fsp3) is 0.333. The molecule has 2 aliphatic rings. The molecule has 0 N–H and O–H groups in total. The molecule has 3 aromatic rings. The van der Waals surface area contributed by atoms with Crippen LogP contribution in [-0.2, 0) is 17.8 Å². The summed E-state index contributed by atoms with van der Waals surface area (Å²) in [6.45, 7) is 3.79. The van der Waals surface area contributed by atoms with Crippen LogP contribution in [0.5, 0.6) is 0 Å². The highest BCUT2D eigenvalue weighted by molar-refractivity contribution is 5.95. The fourth-order valence-corrected chi connectivity index (χ4v) is 3.82. The Bertz CT molecular complexity index is 1090. The van der Waals surface area contributed by atoms with Crippen LogP contribution in [0.2, 0.25) is 0 Å². The molecule has 0 spiro atoms. The van der Waals surface area contributed by atoms with E-state index in [4.69, 9.17) is 4.74 Å². The minimum atomic E-state index is -0.107. The van der Waals surface area contributed by atoms with Crippen molar-refractivity contribution in [3.8, 4) is 0 Å². The van der Waals surface area contributed by atoms with Crippen LogP contribution in [0, 0.1) is 0 Å². The van der Waals surface area contributed by atoms with Crippen LogP contribution in [0.25, 0.3) is 10.9 Å².